The minimum atomic E-state index is -0.161. The Morgan fingerprint density at radius 1 is 1.06 bits per heavy atom. The monoisotopic (exact) mass is 227 g/mol. The Morgan fingerprint density at radius 2 is 1.50 bits per heavy atom. The molecular weight excluding hydrogens is 206 g/mol. The predicted octanol–water partition coefficient (Wildman–Crippen LogP) is 1.80. The van der Waals surface area contributed by atoms with Crippen molar-refractivity contribution in [2.24, 2.45) is 5.92 Å². The topological polar surface area (TPSA) is 43.9 Å². The summed E-state index contributed by atoms with van der Waals surface area (Å²) in [6, 6.07) is -0.322. The number of hydrogen-bond acceptors (Lipinski definition) is 2. The molecule has 5 nitrogen and oxygen atoms in total. The smallest absolute Gasteiger partial charge is 0.307 e. The average molecular weight is 227 g/mol. The normalized spacial score (nSPS) is 17.7. The van der Waals surface area contributed by atoms with Crippen LogP contribution in [0.3, 0.4) is 0 Å². The second kappa shape index (κ2) is 5.18. The highest BCUT2D eigenvalue weighted by atomic mass is 16.2. The van der Waals surface area contributed by atoms with Gasteiger partial charge in [-0.3, -0.25) is 0 Å². The van der Waals surface area contributed by atoms with E-state index in [2.05, 4.69) is 0 Å². The fraction of sp³-hybridized carbons (Fsp3) is 0.818. The molecule has 0 unspecified atom stereocenters. The van der Waals surface area contributed by atoms with Crippen LogP contribution in [0.1, 0.15) is 27.7 Å². The molecule has 0 aromatic carbocycles. The molecule has 0 saturated carbocycles. The first kappa shape index (κ1) is 12.8. The van der Waals surface area contributed by atoms with E-state index in [0.717, 1.165) is 0 Å². The van der Waals surface area contributed by atoms with E-state index < -0.39 is 0 Å². The molecule has 16 heavy (non-hydrogen) atoms. The van der Waals surface area contributed by atoms with Gasteiger partial charge in [-0.25, -0.2) is 14.5 Å². The van der Waals surface area contributed by atoms with E-state index in [1.807, 2.05) is 27.7 Å². The zero-order valence-electron chi connectivity index (χ0n) is 10.6. The molecule has 1 saturated heterocycles. The van der Waals surface area contributed by atoms with Gasteiger partial charge in [0, 0.05) is 19.6 Å². The number of carbonyl (C=O) groups is 2. The van der Waals surface area contributed by atoms with Crippen LogP contribution in [0.25, 0.3) is 0 Å². The number of nitrogens with zero attached hydrogens (tertiary/aromatic N) is 3. The van der Waals surface area contributed by atoms with Gasteiger partial charge in [0.25, 0.3) is 0 Å². The Labute approximate surface area is 97.0 Å². The number of carbonyl (C=O) groups excluding carboxylic acids is 2. The van der Waals surface area contributed by atoms with E-state index in [9.17, 15) is 9.59 Å². The third kappa shape index (κ3) is 2.46. The summed E-state index contributed by atoms with van der Waals surface area (Å²) in [7, 11) is 0. The highest BCUT2D eigenvalue weighted by Crippen LogP contribution is 2.14. The van der Waals surface area contributed by atoms with Crippen molar-refractivity contribution in [3.63, 3.8) is 0 Å². The highest BCUT2D eigenvalue weighted by molar-refractivity contribution is 5.95. The summed E-state index contributed by atoms with van der Waals surface area (Å²) < 4.78 is 0. The van der Waals surface area contributed by atoms with Gasteiger partial charge in [-0.15, -0.1) is 0 Å². The van der Waals surface area contributed by atoms with Crippen molar-refractivity contribution < 1.29 is 9.59 Å². The largest absolute Gasteiger partial charge is 0.329 e. The van der Waals surface area contributed by atoms with Crippen molar-refractivity contribution in [3.8, 4) is 0 Å². The zero-order valence-corrected chi connectivity index (χ0v) is 10.6. The van der Waals surface area contributed by atoms with Gasteiger partial charge in [0.1, 0.15) is 0 Å². The lowest BCUT2D eigenvalue weighted by Gasteiger charge is -2.40. The van der Waals surface area contributed by atoms with Crippen molar-refractivity contribution in [2.75, 3.05) is 26.3 Å². The third-order valence-electron chi connectivity index (χ3n) is 2.66. The van der Waals surface area contributed by atoms with Gasteiger partial charge in [-0.1, -0.05) is 13.8 Å². The molecule has 0 bridgehead atoms. The first-order valence-electron chi connectivity index (χ1n) is 5.86. The Morgan fingerprint density at radius 3 is 1.81 bits per heavy atom. The highest BCUT2D eigenvalue weighted by Gasteiger charge is 2.35. The summed E-state index contributed by atoms with van der Waals surface area (Å²) in [6.07, 6.45) is 0. The predicted molar refractivity (Wildman–Crippen MR) is 62.0 cm³/mol. The van der Waals surface area contributed by atoms with E-state index in [4.69, 9.17) is 0 Å². The van der Waals surface area contributed by atoms with Gasteiger partial charge >= 0.3 is 12.1 Å². The third-order valence-corrected chi connectivity index (χ3v) is 2.66. The maximum Gasteiger partial charge on any atom is 0.329 e. The molecule has 5 heteroatoms. The molecule has 1 heterocycles. The van der Waals surface area contributed by atoms with Crippen LogP contribution in [-0.2, 0) is 0 Å². The lowest BCUT2D eigenvalue weighted by atomic mass is 10.2. The molecule has 1 aliphatic rings. The van der Waals surface area contributed by atoms with E-state index in [-0.39, 0.29) is 12.1 Å². The zero-order chi connectivity index (χ0) is 12.3. The van der Waals surface area contributed by atoms with Crippen molar-refractivity contribution in [1.29, 1.82) is 0 Å². The molecule has 0 N–H and O–H groups in total. The average Bonchev–Trinajstić information content (AvgIpc) is 2.24. The van der Waals surface area contributed by atoms with Gasteiger partial charge in [-0.05, 0) is 19.8 Å². The Hall–Kier alpha value is -1.26. The summed E-state index contributed by atoms with van der Waals surface area (Å²) in [5, 5.41) is 0. The second-order valence-electron chi connectivity index (χ2n) is 4.42. The quantitative estimate of drug-likeness (QED) is 0.735. The molecule has 4 amide bonds. The van der Waals surface area contributed by atoms with Crippen LogP contribution in [0.5, 0.6) is 0 Å². The van der Waals surface area contributed by atoms with Crippen LogP contribution < -0.4 is 0 Å². The summed E-state index contributed by atoms with van der Waals surface area (Å²) in [4.78, 5) is 28.7. The summed E-state index contributed by atoms with van der Waals surface area (Å²) in [5.74, 6) is 0.295. The lowest BCUT2D eigenvalue weighted by Crippen LogP contribution is -2.61. The molecule has 0 atom stereocenters. The number of rotatable bonds is 4. The molecule has 0 aliphatic carbocycles. The Bertz CT molecular complexity index is 256. The molecule has 92 valence electrons. The van der Waals surface area contributed by atoms with Gasteiger partial charge in [0.15, 0.2) is 0 Å². The van der Waals surface area contributed by atoms with Gasteiger partial charge in [0.05, 0.1) is 6.67 Å². The van der Waals surface area contributed by atoms with Crippen molar-refractivity contribution in [2.45, 2.75) is 27.7 Å². The van der Waals surface area contributed by atoms with Crippen LogP contribution in [0.15, 0.2) is 0 Å². The molecule has 0 spiro atoms. The van der Waals surface area contributed by atoms with Crippen molar-refractivity contribution in [1.82, 2.24) is 14.7 Å². The number of urea groups is 2. The van der Waals surface area contributed by atoms with Crippen molar-refractivity contribution in [3.05, 3.63) is 0 Å². The summed E-state index contributed by atoms with van der Waals surface area (Å²) in [6.45, 7) is 10.0. The van der Waals surface area contributed by atoms with E-state index in [1.165, 1.54) is 4.90 Å². The fourth-order valence-electron chi connectivity index (χ4n) is 1.74. The maximum absolute atomic E-state index is 12.0. The van der Waals surface area contributed by atoms with Crippen LogP contribution in [0.4, 0.5) is 9.59 Å². The fourth-order valence-corrected chi connectivity index (χ4v) is 1.74. The lowest BCUT2D eigenvalue weighted by molar-refractivity contribution is 0.0789. The molecular formula is C11H21N3O2. The molecule has 0 aromatic heterocycles. The summed E-state index contributed by atoms with van der Waals surface area (Å²) in [5.41, 5.74) is 0. The number of amides is 4. The molecule has 0 aromatic rings. The van der Waals surface area contributed by atoms with Crippen LogP contribution in [0, 0.1) is 5.92 Å². The Kier molecular flexibility index (Phi) is 4.15. The Balaban J connectivity index is 2.84. The van der Waals surface area contributed by atoms with Gasteiger partial charge in [0.2, 0.25) is 0 Å². The van der Waals surface area contributed by atoms with Gasteiger partial charge in [-0.2, -0.15) is 0 Å². The van der Waals surface area contributed by atoms with E-state index in [1.54, 1.807) is 9.80 Å². The second-order valence-corrected chi connectivity index (χ2v) is 4.42. The molecule has 1 rings (SSSR count). The van der Waals surface area contributed by atoms with Crippen LogP contribution in [-0.4, -0.2) is 53.1 Å². The maximum atomic E-state index is 12.0. The first-order chi connectivity index (χ1) is 7.51. The van der Waals surface area contributed by atoms with Crippen molar-refractivity contribution >= 4 is 12.1 Å². The SMILES string of the molecule is CCN1CN(CC)C(=O)N(CC(C)C)C1=O. The molecule has 1 fully saturated rings. The number of imide groups is 1. The van der Waals surface area contributed by atoms with E-state index >= 15 is 0 Å². The van der Waals surface area contributed by atoms with Crippen LogP contribution in [0.2, 0.25) is 0 Å². The van der Waals surface area contributed by atoms with E-state index in [0.29, 0.717) is 32.2 Å². The molecule has 0 radical (unpaired) electrons. The standard InChI is InChI=1S/C11H21N3O2/c1-5-12-8-13(6-2)11(16)14(10(12)15)7-9(3)4/h9H,5-8H2,1-4H3. The van der Waals surface area contributed by atoms with Gasteiger partial charge < -0.3 is 9.80 Å². The summed E-state index contributed by atoms with van der Waals surface area (Å²) >= 11 is 0. The first-order valence-corrected chi connectivity index (χ1v) is 5.86. The number of hydrogen-bond donors (Lipinski definition) is 0. The minimum Gasteiger partial charge on any atom is -0.307 e. The van der Waals surface area contributed by atoms with Crippen LogP contribution >= 0.6 is 0 Å². The minimum absolute atomic E-state index is 0.161. The molecule has 1 aliphatic heterocycles.